The predicted octanol–water partition coefficient (Wildman–Crippen LogP) is 3.34. The van der Waals surface area contributed by atoms with Gasteiger partial charge in [-0.05, 0) is 46.9 Å². The fourth-order valence-corrected chi connectivity index (χ4v) is 4.27. The maximum Gasteiger partial charge on any atom is 0.227 e. The summed E-state index contributed by atoms with van der Waals surface area (Å²) < 4.78 is 2.19. The molecular weight excluding hydrogens is 344 g/mol. The number of carbonyl (C=O) groups excluding carboxylic acids is 1. The first-order valence-electron chi connectivity index (χ1n) is 8.98. The van der Waals surface area contributed by atoms with Crippen molar-refractivity contribution in [1.29, 1.82) is 0 Å². The van der Waals surface area contributed by atoms with Crippen LogP contribution in [0.25, 0.3) is 0 Å². The smallest absolute Gasteiger partial charge is 0.227 e. The molecule has 0 saturated carbocycles. The number of carbonyl (C=O) groups is 1. The van der Waals surface area contributed by atoms with Crippen LogP contribution in [-0.4, -0.2) is 38.4 Å². The fourth-order valence-electron chi connectivity index (χ4n) is 3.60. The highest BCUT2D eigenvalue weighted by Crippen LogP contribution is 2.27. The second-order valence-electron chi connectivity index (χ2n) is 6.76. The van der Waals surface area contributed by atoms with E-state index in [4.69, 9.17) is 0 Å². The predicted molar refractivity (Wildman–Crippen MR) is 102 cm³/mol. The number of thiophene rings is 1. The standard InChI is InChI=1S/C20H22N4OS/c25-19(11-16-5-10-26-15-16)23-8-2-4-18(14-23)20-22-7-9-24(20)13-17-3-1-6-21-12-17/h1,3,5-7,9-10,12,15,18H,2,4,8,11,13-14H2. The molecule has 3 aromatic heterocycles. The molecule has 5 nitrogen and oxygen atoms in total. The lowest BCUT2D eigenvalue weighted by atomic mass is 9.96. The van der Waals surface area contributed by atoms with Crippen LogP contribution in [0.15, 0.2) is 53.7 Å². The Morgan fingerprint density at radius 2 is 2.23 bits per heavy atom. The van der Waals surface area contributed by atoms with Crippen LogP contribution >= 0.6 is 11.3 Å². The molecule has 1 aliphatic heterocycles. The van der Waals surface area contributed by atoms with Gasteiger partial charge >= 0.3 is 0 Å². The zero-order valence-corrected chi connectivity index (χ0v) is 15.4. The number of nitrogens with zero attached hydrogens (tertiary/aromatic N) is 4. The van der Waals surface area contributed by atoms with Crippen LogP contribution in [0.4, 0.5) is 0 Å². The van der Waals surface area contributed by atoms with E-state index in [1.165, 1.54) is 0 Å². The number of hydrogen-bond donors (Lipinski definition) is 0. The van der Waals surface area contributed by atoms with Gasteiger partial charge in [0.05, 0.1) is 13.0 Å². The van der Waals surface area contributed by atoms with E-state index in [2.05, 4.69) is 26.0 Å². The lowest BCUT2D eigenvalue weighted by Crippen LogP contribution is -2.40. The Hall–Kier alpha value is -2.47. The van der Waals surface area contributed by atoms with Crippen LogP contribution in [0.1, 0.15) is 35.7 Å². The molecular formula is C20H22N4OS. The number of hydrogen-bond acceptors (Lipinski definition) is 4. The Morgan fingerprint density at radius 3 is 3.04 bits per heavy atom. The topological polar surface area (TPSA) is 51.0 Å². The maximum absolute atomic E-state index is 12.7. The molecule has 1 atom stereocenters. The summed E-state index contributed by atoms with van der Waals surface area (Å²) in [6.07, 6.45) is 10.2. The van der Waals surface area contributed by atoms with Crippen LogP contribution in [0.3, 0.4) is 0 Å². The normalized spacial score (nSPS) is 17.4. The van der Waals surface area contributed by atoms with Crippen molar-refractivity contribution in [3.05, 3.63) is 70.7 Å². The molecule has 26 heavy (non-hydrogen) atoms. The molecule has 3 aromatic rings. The van der Waals surface area contributed by atoms with Gasteiger partial charge in [0.1, 0.15) is 5.82 Å². The average molecular weight is 366 g/mol. The third-order valence-corrected chi connectivity index (χ3v) is 5.63. The van der Waals surface area contributed by atoms with Crippen LogP contribution in [0, 0.1) is 0 Å². The number of imidazole rings is 1. The van der Waals surface area contributed by atoms with E-state index in [1.54, 1.807) is 17.5 Å². The van der Waals surface area contributed by atoms with E-state index in [9.17, 15) is 4.79 Å². The molecule has 1 amide bonds. The Balaban J connectivity index is 1.45. The van der Waals surface area contributed by atoms with Gasteiger partial charge in [-0.1, -0.05) is 6.07 Å². The van der Waals surface area contributed by atoms with Gasteiger partial charge in [0, 0.05) is 43.8 Å². The second-order valence-corrected chi connectivity index (χ2v) is 7.54. The minimum absolute atomic E-state index is 0.221. The number of pyridine rings is 1. The molecule has 0 bridgehead atoms. The molecule has 4 heterocycles. The van der Waals surface area contributed by atoms with E-state index >= 15 is 0 Å². The van der Waals surface area contributed by atoms with Crippen LogP contribution < -0.4 is 0 Å². The van der Waals surface area contributed by atoms with Gasteiger partial charge < -0.3 is 9.47 Å². The lowest BCUT2D eigenvalue weighted by molar-refractivity contribution is -0.131. The highest BCUT2D eigenvalue weighted by molar-refractivity contribution is 7.08. The summed E-state index contributed by atoms with van der Waals surface area (Å²) in [5.41, 5.74) is 2.27. The maximum atomic E-state index is 12.7. The summed E-state index contributed by atoms with van der Waals surface area (Å²) in [5, 5.41) is 4.08. The third-order valence-electron chi connectivity index (χ3n) is 4.90. The molecule has 0 spiro atoms. The van der Waals surface area contributed by atoms with Crippen LogP contribution in [0.2, 0.25) is 0 Å². The molecule has 134 valence electrons. The van der Waals surface area contributed by atoms with Crippen molar-refractivity contribution in [2.24, 2.45) is 0 Å². The van der Waals surface area contributed by atoms with Crippen molar-refractivity contribution in [3.8, 4) is 0 Å². The summed E-state index contributed by atoms with van der Waals surface area (Å²) in [5.74, 6) is 1.59. The molecule has 6 heteroatoms. The minimum atomic E-state index is 0.221. The van der Waals surface area contributed by atoms with Gasteiger partial charge in [-0.15, -0.1) is 0 Å². The Kier molecular flexibility index (Phi) is 5.11. The number of rotatable bonds is 5. The molecule has 4 rings (SSSR count). The molecule has 1 unspecified atom stereocenters. The largest absolute Gasteiger partial charge is 0.342 e. The Bertz CT molecular complexity index is 844. The van der Waals surface area contributed by atoms with E-state index in [0.29, 0.717) is 12.3 Å². The first-order chi connectivity index (χ1) is 12.8. The Morgan fingerprint density at radius 1 is 1.27 bits per heavy atom. The van der Waals surface area contributed by atoms with Crippen molar-refractivity contribution in [3.63, 3.8) is 0 Å². The first-order valence-corrected chi connectivity index (χ1v) is 9.92. The van der Waals surface area contributed by atoms with Crippen molar-refractivity contribution < 1.29 is 4.79 Å². The summed E-state index contributed by atoms with van der Waals surface area (Å²) in [4.78, 5) is 23.5. The molecule has 0 radical (unpaired) electrons. The molecule has 1 saturated heterocycles. The van der Waals surface area contributed by atoms with E-state index in [1.807, 2.05) is 41.0 Å². The number of amides is 1. The van der Waals surface area contributed by atoms with Gasteiger partial charge in [0.2, 0.25) is 5.91 Å². The SMILES string of the molecule is O=C(Cc1ccsc1)N1CCCC(c2nccn2Cc2cccnc2)C1. The summed E-state index contributed by atoms with van der Waals surface area (Å²) >= 11 is 1.64. The molecule has 1 aliphatic rings. The van der Waals surface area contributed by atoms with Gasteiger partial charge in [-0.25, -0.2) is 4.98 Å². The average Bonchev–Trinajstić information content (AvgIpc) is 3.35. The zero-order chi connectivity index (χ0) is 17.8. The van der Waals surface area contributed by atoms with Crippen molar-refractivity contribution in [2.45, 2.75) is 31.7 Å². The second kappa shape index (κ2) is 7.83. The summed E-state index contributed by atoms with van der Waals surface area (Å²) in [6, 6.07) is 6.07. The fraction of sp³-hybridized carbons (Fsp3) is 0.350. The van der Waals surface area contributed by atoms with E-state index in [0.717, 1.165) is 49.4 Å². The quantitative estimate of drug-likeness (QED) is 0.696. The monoisotopic (exact) mass is 366 g/mol. The van der Waals surface area contributed by atoms with Crippen molar-refractivity contribution in [1.82, 2.24) is 19.4 Å². The molecule has 0 aromatic carbocycles. The summed E-state index contributed by atoms with van der Waals surface area (Å²) in [6.45, 7) is 2.37. The highest BCUT2D eigenvalue weighted by atomic mass is 32.1. The van der Waals surface area contributed by atoms with Gasteiger partial charge in [-0.2, -0.15) is 11.3 Å². The number of piperidine rings is 1. The minimum Gasteiger partial charge on any atom is -0.342 e. The van der Waals surface area contributed by atoms with Gasteiger partial charge in [0.15, 0.2) is 0 Å². The zero-order valence-electron chi connectivity index (χ0n) is 14.6. The third kappa shape index (κ3) is 3.85. The van der Waals surface area contributed by atoms with E-state index in [-0.39, 0.29) is 5.91 Å². The van der Waals surface area contributed by atoms with E-state index < -0.39 is 0 Å². The number of aromatic nitrogens is 3. The van der Waals surface area contributed by atoms with Crippen molar-refractivity contribution in [2.75, 3.05) is 13.1 Å². The van der Waals surface area contributed by atoms with Crippen molar-refractivity contribution >= 4 is 17.2 Å². The summed E-state index contributed by atoms with van der Waals surface area (Å²) in [7, 11) is 0. The highest BCUT2D eigenvalue weighted by Gasteiger charge is 2.27. The molecule has 0 N–H and O–H groups in total. The van der Waals surface area contributed by atoms with Crippen LogP contribution in [-0.2, 0) is 17.8 Å². The molecule has 1 fully saturated rings. The first kappa shape index (κ1) is 17.0. The van der Waals surface area contributed by atoms with Gasteiger partial charge in [0.25, 0.3) is 0 Å². The molecule has 0 aliphatic carbocycles. The van der Waals surface area contributed by atoms with Gasteiger partial charge in [-0.3, -0.25) is 9.78 Å². The lowest BCUT2D eigenvalue weighted by Gasteiger charge is -2.32. The Labute approximate surface area is 157 Å². The number of likely N-dealkylation sites (tertiary alicyclic amines) is 1. The van der Waals surface area contributed by atoms with Crippen LogP contribution in [0.5, 0.6) is 0 Å².